The molecule has 1 saturated heterocycles. The third kappa shape index (κ3) is 3.62. The van der Waals surface area contributed by atoms with Crippen molar-refractivity contribution in [2.24, 2.45) is 0 Å². The zero-order chi connectivity index (χ0) is 15.2. The molecule has 1 fully saturated rings. The standard InChI is InChI=1S/C15H19N5O2/c21-15(18-22-11-13-3-1-5-16-9-13)20-7-2-4-14(20)10-19-8-6-17-12-19/h1,3,5-6,8-9,12,14H,2,4,7,10-11H2,(H,18,21). The van der Waals surface area contributed by atoms with E-state index in [0.29, 0.717) is 6.61 Å². The summed E-state index contributed by atoms with van der Waals surface area (Å²) in [6.45, 7) is 1.82. The first-order valence-corrected chi connectivity index (χ1v) is 7.36. The van der Waals surface area contributed by atoms with Gasteiger partial charge in [0.25, 0.3) is 0 Å². The van der Waals surface area contributed by atoms with Crippen LogP contribution in [0.25, 0.3) is 0 Å². The number of amides is 2. The Balaban J connectivity index is 1.48. The number of nitrogens with zero attached hydrogens (tertiary/aromatic N) is 4. The molecular formula is C15H19N5O2. The van der Waals surface area contributed by atoms with Crippen LogP contribution in [0, 0.1) is 0 Å². The minimum Gasteiger partial charge on any atom is -0.335 e. The molecule has 22 heavy (non-hydrogen) atoms. The Morgan fingerprint density at radius 2 is 2.36 bits per heavy atom. The first-order chi connectivity index (χ1) is 10.8. The number of pyridine rings is 1. The Kier molecular flexibility index (Phi) is 4.65. The normalized spacial score (nSPS) is 17.6. The van der Waals surface area contributed by atoms with Gasteiger partial charge in [0.05, 0.1) is 12.4 Å². The van der Waals surface area contributed by atoms with E-state index in [1.54, 1.807) is 24.9 Å². The monoisotopic (exact) mass is 301 g/mol. The maximum absolute atomic E-state index is 12.2. The Hall–Kier alpha value is -2.41. The fraction of sp³-hybridized carbons (Fsp3) is 0.400. The SMILES string of the molecule is O=C(NOCc1cccnc1)N1CCCC1Cn1ccnc1. The van der Waals surface area contributed by atoms with Gasteiger partial charge in [-0.25, -0.2) is 15.3 Å². The topological polar surface area (TPSA) is 72.3 Å². The fourth-order valence-electron chi connectivity index (χ4n) is 2.65. The molecule has 0 radical (unpaired) electrons. The number of imidazole rings is 1. The van der Waals surface area contributed by atoms with Gasteiger partial charge in [0.15, 0.2) is 0 Å². The van der Waals surface area contributed by atoms with Crippen LogP contribution in [0.4, 0.5) is 4.79 Å². The highest BCUT2D eigenvalue weighted by molar-refractivity contribution is 5.73. The summed E-state index contributed by atoms with van der Waals surface area (Å²) in [5.74, 6) is 0. The molecule has 116 valence electrons. The van der Waals surface area contributed by atoms with Crippen LogP contribution in [0.15, 0.2) is 43.2 Å². The molecule has 1 aliphatic rings. The van der Waals surface area contributed by atoms with E-state index >= 15 is 0 Å². The van der Waals surface area contributed by atoms with Gasteiger partial charge in [0.1, 0.15) is 6.61 Å². The maximum Gasteiger partial charge on any atom is 0.341 e. The van der Waals surface area contributed by atoms with Gasteiger partial charge in [-0.05, 0) is 24.5 Å². The highest BCUT2D eigenvalue weighted by atomic mass is 16.7. The molecular weight excluding hydrogens is 282 g/mol. The molecule has 0 aliphatic carbocycles. The van der Waals surface area contributed by atoms with Crippen LogP contribution in [0.5, 0.6) is 0 Å². The van der Waals surface area contributed by atoms with E-state index in [4.69, 9.17) is 4.84 Å². The quantitative estimate of drug-likeness (QED) is 0.851. The molecule has 0 aromatic carbocycles. The van der Waals surface area contributed by atoms with Crippen molar-refractivity contribution >= 4 is 6.03 Å². The molecule has 2 amide bonds. The van der Waals surface area contributed by atoms with Gasteiger partial charge in [0, 0.05) is 37.9 Å². The van der Waals surface area contributed by atoms with Crippen molar-refractivity contribution in [1.29, 1.82) is 0 Å². The van der Waals surface area contributed by atoms with Crippen molar-refractivity contribution in [3.05, 3.63) is 48.8 Å². The Morgan fingerprint density at radius 1 is 1.41 bits per heavy atom. The van der Waals surface area contributed by atoms with E-state index in [9.17, 15) is 4.79 Å². The van der Waals surface area contributed by atoms with Crippen LogP contribution >= 0.6 is 0 Å². The molecule has 0 bridgehead atoms. The molecule has 0 spiro atoms. The summed E-state index contributed by atoms with van der Waals surface area (Å²) in [6.07, 6.45) is 10.8. The lowest BCUT2D eigenvalue weighted by atomic mass is 10.2. The Bertz CT molecular complexity index is 587. The predicted molar refractivity (Wildman–Crippen MR) is 79.5 cm³/mol. The smallest absolute Gasteiger partial charge is 0.335 e. The number of urea groups is 1. The van der Waals surface area contributed by atoms with Crippen molar-refractivity contribution < 1.29 is 9.63 Å². The zero-order valence-electron chi connectivity index (χ0n) is 12.3. The van der Waals surface area contributed by atoms with Crippen molar-refractivity contribution in [3.8, 4) is 0 Å². The molecule has 3 heterocycles. The minimum atomic E-state index is -0.188. The van der Waals surface area contributed by atoms with E-state index in [1.807, 2.05) is 27.8 Å². The molecule has 2 aromatic rings. The number of nitrogens with one attached hydrogen (secondary N) is 1. The number of carbonyl (C=O) groups excluding carboxylic acids is 1. The Labute approximate surface area is 128 Å². The van der Waals surface area contributed by atoms with Gasteiger partial charge in [-0.3, -0.25) is 9.82 Å². The molecule has 1 unspecified atom stereocenters. The average molecular weight is 301 g/mol. The van der Waals surface area contributed by atoms with E-state index < -0.39 is 0 Å². The van der Waals surface area contributed by atoms with Crippen LogP contribution in [0.2, 0.25) is 0 Å². The number of hydroxylamine groups is 1. The lowest BCUT2D eigenvalue weighted by molar-refractivity contribution is 0.0344. The third-order valence-corrected chi connectivity index (χ3v) is 3.74. The number of likely N-dealkylation sites (tertiary alicyclic amines) is 1. The summed E-state index contributed by atoms with van der Waals surface area (Å²) in [4.78, 5) is 27.4. The van der Waals surface area contributed by atoms with E-state index in [1.165, 1.54) is 0 Å². The van der Waals surface area contributed by atoms with Gasteiger partial charge in [-0.15, -0.1) is 0 Å². The van der Waals surface area contributed by atoms with Crippen LogP contribution in [0.3, 0.4) is 0 Å². The molecule has 3 rings (SSSR count). The summed E-state index contributed by atoms with van der Waals surface area (Å²) in [7, 11) is 0. The summed E-state index contributed by atoms with van der Waals surface area (Å²) in [6, 6.07) is 3.72. The third-order valence-electron chi connectivity index (χ3n) is 3.74. The van der Waals surface area contributed by atoms with Gasteiger partial charge >= 0.3 is 6.03 Å². The molecule has 7 heteroatoms. The number of hydrogen-bond donors (Lipinski definition) is 1. The molecule has 7 nitrogen and oxygen atoms in total. The summed E-state index contributed by atoms with van der Waals surface area (Å²) >= 11 is 0. The molecule has 1 atom stereocenters. The second-order valence-corrected chi connectivity index (χ2v) is 5.31. The summed E-state index contributed by atoms with van der Waals surface area (Å²) < 4.78 is 1.99. The fourth-order valence-corrected chi connectivity index (χ4v) is 2.65. The number of aromatic nitrogens is 3. The van der Waals surface area contributed by atoms with Crippen molar-refractivity contribution in [2.75, 3.05) is 6.54 Å². The van der Waals surface area contributed by atoms with E-state index in [-0.39, 0.29) is 12.1 Å². The first-order valence-electron chi connectivity index (χ1n) is 7.36. The Morgan fingerprint density at radius 3 is 3.14 bits per heavy atom. The van der Waals surface area contributed by atoms with Crippen molar-refractivity contribution in [1.82, 2.24) is 24.9 Å². The van der Waals surface area contributed by atoms with Gasteiger partial charge < -0.3 is 9.47 Å². The first kappa shape index (κ1) is 14.5. The second-order valence-electron chi connectivity index (χ2n) is 5.31. The average Bonchev–Trinajstić information content (AvgIpc) is 3.20. The van der Waals surface area contributed by atoms with Crippen LogP contribution in [-0.2, 0) is 18.0 Å². The number of hydrogen-bond acceptors (Lipinski definition) is 4. The maximum atomic E-state index is 12.2. The highest BCUT2D eigenvalue weighted by Gasteiger charge is 2.29. The van der Waals surface area contributed by atoms with Crippen molar-refractivity contribution in [2.45, 2.75) is 32.0 Å². The highest BCUT2D eigenvalue weighted by Crippen LogP contribution is 2.18. The zero-order valence-corrected chi connectivity index (χ0v) is 12.3. The summed E-state index contributed by atoms with van der Waals surface area (Å²) in [5.41, 5.74) is 3.43. The lowest BCUT2D eigenvalue weighted by Crippen LogP contribution is -2.44. The molecule has 1 N–H and O–H groups in total. The number of carbonyl (C=O) groups is 1. The van der Waals surface area contributed by atoms with Crippen molar-refractivity contribution in [3.63, 3.8) is 0 Å². The van der Waals surface area contributed by atoms with E-state index in [0.717, 1.165) is 31.5 Å². The van der Waals surface area contributed by atoms with E-state index in [2.05, 4.69) is 15.4 Å². The minimum absolute atomic E-state index is 0.177. The molecule has 0 saturated carbocycles. The van der Waals surface area contributed by atoms with Gasteiger partial charge in [-0.2, -0.15) is 0 Å². The predicted octanol–water partition coefficient (Wildman–Crippen LogP) is 1.58. The van der Waals surface area contributed by atoms with Gasteiger partial charge in [0.2, 0.25) is 0 Å². The molecule has 2 aromatic heterocycles. The largest absolute Gasteiger partial charge is 0.341 e. The van der Waals surface area contributed by atoms with Gasteiger partial charge in [-0.1, -0.05) is 6.07 Å². The summed E-state index contributed by atoms with van der Waals surface area (Å²) in [5, 5.41) is 0. The van der Waals surface area contributed by atoms with Crippen LogP contribution < -0.4 is 5.48 Å². The second kappa shape index (κ2) is 7.04. The van der Waals surface area contributed by atoms with Crippen LogP contribution in [-0.4, -0.2) is 38.1 Å². The van der Waals surface area contributed by atoms with Crippen LogP contribution in [0.1, 0.15) is 18.4 Å². The number of rotatable bonds is 5. The lowest BCUT2D eigenvalue weighted by Gasteiger charge is -2.24. The molecule has 1 aliphatic heterocycles.